The summed E-state index contributed by atoms with van der Waals surface area (Å²) in [6, 6.07) is 8.20. The van der Waals surface area contributed by atoms with E-state index >= 15 is 4.39 Å². The first-order chi connectivity index (χ1) is 16.8. The summed E-state index contributed by atoms with van der Waals surface area (Å²) in [6.45, 7) is 0. The van der Waals surface area contributed by atoms with E-state index < -0.39 is 17.8 Å². The topological polar surface area (TPSA) is 136 Å². The van der Waals surface area contributed by atoms with Crippen molar-refractivity contribution in [1.29, 1.82) is 0 Å². The van der Waals surface area contributed by atoms with Crippen molar-refractivity contribution in [1.82, 2.24) is 25.1 Å². The summed E-state index contributed by atoms with van der Waals surface area (Å²) in [5, 5.41) is 13.7. The average Bonchev–Trinajstić information content (AvgIpc) is 3.51. The zero-order valence-corrected chi connectivity index (χ0v) is 18.9. The summed E-state index contributed by atoms with van der Waals surface area (Å²) in [6.07, 6.45) is 4.04. The first kappa shape index (κ1) is 22.7. The van der Waals surface area contributed by atoms with Gasteiger partial charge in [-0.25, -0.2) is 4.39 Å². The molecule has 2 atom stereocenters. The first-order valence-electron chi connectivity index (χ1n) is 10.8. The molecule has 5 rings (SSSR count). The molecule has 178 valence electrons. The zero-order valence-electron chi connectivity index (χ0n) is 18.2. The Kier molecular flexibility index (Phi) is 5.77. The number of hydrogen-bond donors (Lipinski definition) is 2. The Labute approximate surface area is 203 Å². The number of carbonyl (C=O) groups is 3. The van der Waals surface area contributed by atoms with Crippen molar-refractivity contribution in [2.24, 2.45) is 5.73 Å². The minimum atomic E-state index is -0.677. The Bertz CT molecular complexity index is 1360. The van der Waals surface area contributed by atoms with Crippen molar-refractivity contribution in [2.75, 3.05) is 5.32 Å². The lowest BCUT2D eigenvalue weighted by atomic mass is 9.92. The number of primary amides is 1. The Hall–Kier alpha value is -4.12. The van der Waals surface area contributed by atoms with Crippen LogP contribution < -0.4 is 11.1 Å². The van der Waals surface area contributed by atoms with Crippen LogP contribution in [0.25, 0.3) is 11.3 Å². The molecule has 1 saturated heterocycles. The fraction of sp³-hybridized carbons (Fsp3) is 0.217. The van der Waals surface area contributed by atoms with E-state index in [1.807, 2.05) is 0 Å². The third-order valence-electron chi connectivity index (χ3n) is 6.24. The third-order valence-corrected chi connectivity index (χ3v) is 6.53. The van der Waals surface area contributed by atoms with Gasteiger partial charge in [0, 0.05) is 28.9 Å². The van der Waals surface area contributed by atoms with Gasteiger partial charge in [0.1, 0.15) is 12.4 Å². The molecule has 0 radical (unpaired) electrons. The lowest BCUT2D eigenvalue weighted by Gasteiger charge is -2.33. The van der Waals surface area contributed by atoms with Crippen molar-refractivity contribution >= 4 is 40.6 Å². The van der Waals surface area contributed by atoms with Crippen LogP contribution in [0.4, 0.5) is 10.1 Å². The number of hydrogen-bond acceptors (Lipinski definition) is 6. The molecule has 3 aromatic rings. The molecule has 0 bridgehead atoms. The molecule has 0 saturated carbocycles. The largest absolute Gasteiger partial charge is 0.366 e. The highest BCUT2D eigenvalue weighted by Gasteiger charge is 2.43. The third kappa shape index (κ3) is 4.14. The van der Waals surface area contributed by atoms with Gasteiger partial charge in [-0.15, -0.1) is 5.10 Å². The Morgan fingerprint density at radius 3 is 2.60 bits per heavy atom. The van der Waals surface area contributed by atoms with Gasteiger partial charge in [0.05, 0.1) is 10.7 Å². The summed E-state index contributed by atoms with van der Waals surface area (Å²) in [4.78, 5) is 38.9. The van der Waals surface area contributed by atoms with E-state index in [-0.39, 0.29) is 28.4 Å². The minimum Gasteiger partial charge on any atom is -0.366 e. The van der Waals surface area contributed by atoms with Crippen LogP contribution >= 0.6 is 11.6 Å². The normalized spacial score (nSPS) is 19.3. The average molecular weight is 496 g/mol. The van der Waals surface area contributed by atoms with Gasteiger partial charge in [-0.3, -0.25) is 14.4 Å². The van der Waals surface area contributed by atoms with Crippen LogP contribution in [0.3, 0.4) is 0 Å². The second-order valence-corrected chi connectivity index (χ2v) is 8.71. The molecule has 3 N–H and O–H groups in total. The Morgan fingerprint density at radius 2 is 1.91 bits per heavy atom. The summed E-state index contributed by atoms with van der Waals surface area (Å²) in [7, 11) is 0. The predicted octanol–water partition coefficient (Wildman–Crippen LogP) is 2.34. The number of aromatic nitrogens is 4. The van der Waals surface area contributed by atoms with Crippen molar-refractivity contribution in [2.45, 2.75) is 31.3 Å². The van der Waals surface area contributed by atoms with Gasteiger partial charge in [-0.05, 0) is 71.7 Å². The predicted molar refractivity (Wildman–Crippen MR) is 124 cm³/mol. The summed E-state index contributed by atoms with van der Waals surface area (Å²) in [5.41, 5.74) is 7.02. The van der Waals surface area contributed by atoms with Crippen molar-refractivity contribution in [3.8, 4) is 5.69 Å². The molecule has 2 aromatic carbocycles. The summed E-state index contributed by atoms with van der Waals surface area (Å²) >= 11 is 6.05. The molecular weight excluding hydrogens is 477 g/mol. The molecule has 35 heavy (non-hydrogen) atoms. The van der Waals surface area contributed by atoms with Gasteiger partial charge in [-0.2, -0.15) is 4.68 Å². The standard InChI is InChI=1S/C23H19ClFN7O3/c24-16-6-8-17(31-11-27-29-30-31)20(21(16)25)13-9-15-5-7-18(32(15)19(33)10-13)23(35)28-14-3-1-12(2-4-14)22(26)34/h1-4,6,8,10-11,15,18H,5,7,9H2,(H2,26,34)(H,28,35). The molecule has 10 nitrogen and oxygen atoms in total. The maximum Gasteiger partial charge on any atom is 0.248 e. The Morgan fingerprint density at radius 1 is 1.14 bits per heavy atom. The van der Waals surface area contributed by atoms with Crippen LogP contribution in [0.2, 0.25) is 5.02 Å². The number of halogens is 2. The number of amides is 3. The summed E-state index contributed by atoms with van der Waals surface area (Å²) in [5.74, 6) is -1.96. The number of anilines is 1. The van der Waals surface area contributed by atoms with Gasteiger partial charge in [-0.1, -0.05) is 11.6 Å². The van der Waals surface area contributed by atoms with Gasteiger partial charge in [0.2, 0.25) is 17.7 Å². The molecular formula is C23H19ClFN7O3. The highest BCUT2D eigenvalue weighted by Crippen LogP contribution is 2.40. The van der Waals surface area contributed by atoms with Crippen molar-refractivity contribution < 1.29 is 18.8 Å². The maximum absolute atomic E-state index is 15.2. The van der Waals surface area contributed by atoms with E-state index in [2.05, 4.69) is 20.8 Å². The van der Waals surface area contributed by atoms with Crippen LogP contribution in [0, 0.1) is 5.82 Å². The smallest absolute Gasteiger partial charge is 0.248 e. The second-order valence-electron chi connectivity index (χ2n) is 8.31. The first-order valence-corrected chi connectivity index (χ1v) is 11.2. The van der Waals surface area contributed by atoms with Gasteiger partial charge in [0.25, 0.3) is 0 Å². The molecule has 2 unspecified atom stereocenters. The molecule has 3 amide bonds. The van der Waals surface area contributed by atoms with Crippen molar-refractivity contribution in [3.05, 3.63) is 70.8 Å². The molecule has 1 aromatic heterocycles. The van der Waals surface area contributed by atoms with Crippen LogP contribution in [-0.2, 0) is 9.59 Å². The molecule has 0 spiro atoms. The quantitative estimate of drug-likeness (QED) is 0.557. The fourth-order valence-electron chi connectivity index (χ4n) is 4.64. The van der Waals surface area contributed by atoms with Crippen LogP contribution in [-0.4, -0.2) is 54.9 Å². The van der Waals surface area contributed by atoms with E-state index in [4.69, 9.17) is 17.3 Å². The SMILES string of the molecule is NC(=O)c1ccc(NC(=O)C2CCC3CC(c4c(-n5cnnn5)ccc(Cl)c4F)=CC(=O)N32)cc1. The monoisotopic (exact) mass is 495 g/mol. The number of nitrogens with zero attached hydrogens (tertiary/aromatic N) is 5. The number of fused-ring (bicyclic) bond motifs is 1. The number of nitrogens with two attached hydrogens (primary N) is 1. The van der Waals surface area contributed by atoms with Crippen molar-refractivity contribution in [3.63, 3.8) is 0 Å². The lowest BCUT2D eigenvalue weighted by molar-refractivity contribution is -0.135. The fourth-order valence-corrected chi connectivity index (χ4v) is 4.79. The van der Waals surface area contributed by atoms with Gasteiger partial charge >= 0.3 is 0 Å². The highest BCUT2D eigenvalue weighted by molar-refractivity contribution is 6.31. The zero-order chi connectivity index (χ0) is 24.7. The van der Waals surface area contributed by atoms with Crippen LogP contribution in [0.1, 0.15) is 35.2 Å². The van der Waals surface area contributed by atoms with Crippen LogP contribution in [0.15, 0.2) is 48.8 Å². The lowest BCUT2D eigenvalue weighted by Crippen LogP contribution is -2.48. The molecule has 1 fully saturated rings. The van der Waals surface area contributed by atoms with E-state index in [0.717, 1.165) is 0 Å². The molecule has 12 heteroatoms. The molecule has 2 aliphatic rings. The number of benzene rings is 2. The number of nitrogens with one attached hydrogen (secondary N) is 1. The van der Waals surface area contributed by atoms with E-state index in [9.17, 15) is 14.4 Å². The maximum atomic E-state index is 15.2. The second kappa shape index (κ2) is 8.91. The minimum absolute atomic E-state index is 0.0846. The van der Waals surface area contributed by atoms with E-state index in [1.165, 1.54) is 40.2 Å². The molecule has 3 heterocycles. The van der Waals surface area contributed by atoms with Gasteiger partial charge < -0.3 is 16.0 Å². The van der Waals surface area contributed by atoms with Gasteiger partial charge in [0.15, 0.2) is 5.82 Å². The molecule has 2 aliphatic heterocycles. The van der Waals surface area contributed by atoms with Crippen LogP contribution in [0.5, 0.6) is 0 Å². The highest BCUT2D eigenvalue weighted by atomic mass is 35.5. The molecule has 0 aliphatic carbocycles. The number of rotatable bonds is 5. The number of carbonyl (C=O) groups excluding carboxylic acids is 3. The van der Waals surface area contributed by atoms with E-state index in [1.54, 1.807) is 18.2 Å². The Balaban J connectivity index is 1.40. The number of tetrazole rings is 1. The van der Waals surface area contributed by atoms with E-state index in [0.29, 0.717) is 41.8 Å². The summed E-state index contributed by atoms with van der Waals surface area (Å²) < 4.78 is 16.5.